The first-order valence-corrected chi connectivity index (χ1v) is 6.80. The summed E-state index contributed by atoms with van der Waals surface area (Å²) in [5, 5.41) is 10.2. The van der Waals surface area contributed by atoms with Crippen molar-refractivity contribution in [3.63, 3.8) is 0 Å². The molecule has 108 valence electrons. The summed E-state index contributed by atoms with van der Waals surface area (Å²) in [7, 11) is 1.71. The van der Waals surface area contributed by atoms with Gasteiger partial charge in [-0.15, -0.1) is 0 Å². The Hall–Kier alpha value is -1.26. The number of para-hydroxylation sites is 1. The van der Waals surface area contributed by atoms with Crippen LogP contribution >= 0.6 is 0 Å². The Morgan fingerprint density at radius 1 is 1.32 bits per heavy atom. The third-order valence-corrected chi connectivity index (χ3v) is 3.19. The zero-order chi connectivity index (χ0) is 14.3. The average molecular weight is 267 g/mol. The lowest BCUT2D eigenvalue weighted by molar-refractivity contribution is 0.0975. The summed E-state index contributed by atoms with van der Waals surface area (Å²) in [5.41, 5.74) is 0.885. The number of rotatable bonds is 8. The molecular formula is C15H25NO3. The van der Waals surface area contributed by atoms with Crippen LogP contribution in [0.15, 0.2) is 18.2 Å². The number of benzene rings is 1. The molecule has 1 N–H and O–H groups in total. The summed E-state index contributed by atoms with van der Waals surface area (Å²) in [6.45, 7) is 8.96. The zero-order valence-corrected chi connectivity index (χ0v) is 12.3. The van der Waals surface area contributed by atoms with Gasteiger partial charge in [-0.1, -0.05) is 19.1 Å². The second kappa shape index (κ2) is 8.02. The standard InChI is InChI=1S/C15H25NO3/c1-5-16(12(3)11-18-4)10-13-8-7-9-14(15(13)17)19-6-2/h7-9,12,17H,5-6,10-11H2,1-4H3. The van der Waals surface area contributed by atoms with Gasteiger partial charge in [-0.05, 0) is 26.5 Å². The highest BCUT2D eigenvalue weighted by molar-refractivity contribution is 5.45. The molecule has 0 amide bonds. The molecule has 19 heavy (non-hydrogen) atoms. The van der Waals surface area contributed by atoms with E-state index in [1.165, 1.54) is 0 Å². The maximum absolute atomic E-state index is 10.2. The third kappa shape index (κ3) is 4.40. The summed E-state index contributed by atoms with van der Waals surface area (Å²) in [5.74, 6) is 0.794. The molecule has 1 aromatic rings. The zero-order valence-electron chi connectivity index (χ0n) is 12.3. The van der Waals surface area contributed by atoms with E-state index in [4.69, 9.17) is 9.47 Å². The van der Waals surface area contributed by atoms with Crippen molar-refractivity contribution >= 4 is 0 Å². The molecule has 0 heterocycles. The fraction of sp³-hybridized carbons (Fsp3) is 0.600. The normalized spacial score (nSPS) is 12.7. The minimum Gasteiger partial charge on any atom is -0.504 e. The molecule has 0 bridgehead atoms. The van der Waals surface area contributed by atoms with Crippen LogP contribution in [0.4, 0.5) is 0 Å². The van der Waals surface area contributed by atoms with E-state index in [2.05, 4.69) is 18.7 Å². The van der Waals surface area contributed by atoms with Gasteiger partial charge in [0.05, 0.1) is 13.2 Å². The summed E-state index contributed by atoms with van der Waals surface area (Å²) in [6.07, 6.45) is 0. The van der Waals surface area contributed by atoms with Gasteiger partial charge in [0.2, 0.25) is 0 Å². The monoisotopic (exact) mass is 267 g/mol. The Balaban J connectivity index is 2.82. The van der Waals surface area contributed by atoms with E-state index in [0.29, 0.717) is 31.5 Å². The predicted octanol–water partition coefficient (Wildman–Crippen LogP) is 2.65. The van der Waals surface area contributed by atoms with Crippen molar-refractivity contribution in [3.8, 4) is 11.5 Å². The van der Waals surface area contributed by atoms with E-state index in [1.807, 2.05) is 19.1 Å². The summed E-state index contributed by atoms with van der Waals surface area (Å²) in [4.78, 5) is 2.26. The van der Waals surface area contributed by atoms with Crippen LogP contribution in [0.2, 0.25) is 0 Å². The number of ether oxygens (including phenoxy) is 2. The van der Waals surface area contributed by atoms with Gasteiger partial charge in [0.25, 0.3) is 0 Å². The van der Waals surface area contributed by atoms with Gasteiger partial charge in [-0.25, -0.2) is 0 Å². The van der Waals surface area contributed by atoms with E-state index in [0.717, 1.165) is 12.1 Å². The molecule has 0 spiro atoms. The second-order valence-electron chi connectivity index (χ2n) is 4.56. The van der Waals surface area contributed by atoms with Crippen LogP contribution in [0, 0.1) is 0 Å². The fourth-order valence-electron chi connectivity index (χ4n) is 2.11. The van der Waals surface area contributed by atoms with Crippen LogP contribution in [-0.4, -0.2) is 42.9 Å². The Morgan fingerprint density at radius 2 is 2.05 bits per heavy atom. The van der Waals surface area contributed by atoms with Crippen molar-refractivity contribution < 1.29 is 14.6 Å². The van der Waals surface area contributed by atoms with Gasteiger partial charge in [0, 0.05) is 25.3 Å². The van der Waals surface area contributed by atoms with Gasteiger partial charge in [-0.3, -0.25) is 4.90 Å². The summed E-state index contributed by atoms with van der Waals surface area (Å²) in [6, 6.07) is 5.94. The van der Waals surface area contributed by atoms with E-state index < -0.39 is 0 Å². The summed E-state index contributed by atoms with van der Waals surface area (Å²) < 4.78 is 10.6. The van der Waals surface area contributed by atoms with Gasteiger partial charge >= 0.3 is 0 Å². The van der Waals surface area contributed by atoms with E-state index in [9.17, 15) is 5.11 Å². The van der Waals surface area contributed by atoms with Crippen molar-refractivity contribution in [2.45, 2.75) is 33.4 Å². The molecule has 0 aliphatic heterocycles. The Labute approximate surface area is 115 Å². The van der Waals surface area contributed by atoms with Crippen molar-refractivity contribution in [2.24, 2.45) is 0 Å². The Morgan fingerprint density at radius 3 is 2.63 bits per heavy atom. The lowest BCUT2D eigenvalue weighted by Gasteiger charge is -2.27. The van der Waals surface area contributed by atoms with E-state index in [-0.39, 0.29) is 5.75 Å². The smallest absolute Gasteiger partial charge is 0.162 e. The topological polar surface area (TPSA) is 41.9 Å². The van der Waals surface area contributed by atoms with Crippen LogP contribution in [0.3, 0.4) is 0 Å². The molecule has 0 aliphatic carbocycles. The number of likely N-dealkylation sites (N-methyl/N-ethyl adjacent to an activating group) is 1. The van der Waals surface area contributed by atoms with Gasteiger partial charge in [0.1, 0.15) is 0 Å². The first kappa shape index (κ1) is 15.8. The number of aromatic hydroxyl groups is 1. The van der Waals surface area contributed by atoms with Gasteiger partial charge < -0.3 is 14.6 Å². The first-order chi connectivity index (χ1) is 9.13. The molecule has 1 unspecified atom stereocenters. The van der Waals surface area contributed by atoms with Crippen molar-refractivity contribution in [3.05, 3.63) is 23.8 Å². The SMILES string of the molecule is CCOc1cccc(CN(CC)C(C)COC)c1O. The molecule has 4 nitrogen and oxygen atoms in total. The molecule has 0 aliphatic rings. The number of phenols is 1. The highest BCUT2D eigenvalue weighted by Crippen LogP contribution is 2.30. The minimum atomic E-state index is 0.243. The number of nitrogens with zero attached hydrogens (tertiary/aromatic N) is 1. The first-order valence-electron chi connectivity index (χ1n) is 6.80. The van der Waals surface area contributed by atoms with Gasteiger partial charge in [-0.2, -0.15) is 0 Å². The molecule has 0 fully saturated rings. The molecule has 0 aromatic heterocycles. The molecule has 1 atom stereocenters. The minimum absolute atomic E-state index is 0.243. The third-order valence-electron chi connectivity index (χ3n) is 3.19. The number of phenolic OH excluding ortho intramolecular Hbond substituents is 1. The van der Waals surface area contributed by atoms with Crippen molar-refractivity contribution in [1.29, 1.82) is 0 Å². The summed E-state index contributed by atoms with van der Waals surface area (Å²) >= 11 is 0. The maximum atomic E-state index is 10.2. The second-order valence-corrected chi connectivity index (χ2v) is 4.56. The van der Waals surface area contributed by atoms with E-state index in [1.54, 1.807) is 13.2 Å². The lowest BCUT2D eigenvalue weighted by Crippen LogP contribution is -2.35. The highest BCUT2D eigenvalue weighted by atomic mass is 16.5. The molecule has 4 heteroatoms. The van der Waals surface area contributed by atoms with Crippen molar-refractivity contribution in [2.75, 3.05) is 26.9 Å². The maximum Gasteiger partial charge on any atom is 0.162 e. The quantitative estimate of drug-likeness (QED) is 0.786. The van der Waals surface area contributed by atoms with Crippen LogP contribution < -0.4 is 4.74 Å². The van der Waals surface area contributed by atoms with Crippen LogP contribution in [0.5, 0.6) is 11.5 Å². The Bertz CT molecular complexity index is 382. The number of hydrogen-bond acceptors (Lipinski definition) is 4. The van der Waals surface area contributed by atoms with Crippen LogP contribution in [0.1, 0.15) is 26.3 Å². The molecule has 0 radical (unpaired) electrons. The predicted molar refractivity (Wildman–Crippen MR) is 76.7 cm³/mol. The molecule has 1 aromatic carbocycles. The molecule has 1 rings (SSSR count). The molecule has 0 saturated heterocycles. The average Bonchev–Trinajstić information content (AvgIpc) is 2.40. The largest absolute Gasteiger partial charge is 0.504 e. The number of methoxy groups -OCH3 is 1. The number of hydrogen-bond donors (Lipinski definition) is 1. The highest BCUT2D eigenvalue weighted by Gasteiger charge is 2.15. The molecule has 0 saturated carbocycles. The van der Waals surface area contributed by atoms with Crippen LogP contribution in [0.25, 0.3) is 0 Å². The van der Waals surface area contributed by atoms with Gasteiger partial charge in [0.15, 0.2) is 11.5 Å². The fourth-order valence-corrected chi connectivity index (χ4v) is 2.11. The van der Waals surface area contributed by atoms with Crippen LogP contribution in [-0.2, 0) is 11.3 Å². The lowest BCUT2D eigenvalue weighted by atomic mass is 10.1. The Kier molecular flexibility index (Phi) is 6.67. The molecular weight excluding hydrogens is 242 g/mol. The van der Waals surface area contributed by atoms with Crippen molar-refractivity contribution in [1.82, 2.24) is 4.90 Å². The van der Waals surface area contributed by atoms with E-state index >= 15 is 0 Å².